The Bertz CT molecular complexity index is 419. The minimum absolute atomic E-state index is 0.0223. The van der Waals surface area contributed by atoms with Crippen molar-refractivity contribution in [3.8, 4) is 0 Å². The summed E-state index contributed by atoms with van der Waals surface area (Å²) in [5, 5.41) is 0. The second-order valence-electron chi connectivity index (χ2n) is 4.17. The summed E-state index contributed by atoms with van der Waals surface area (Å²) in [6, 6.07) is 9.79. The topological polar surface area (TPSA) is 46.2 Å². The minimum atomic E-state index is -3.20. The average Bonchev–Trinajstić information content (AvgIpc) is 2.29. The predicted molar refractivity (Wildman–Crippen MR) is 71.8 cm³/mol. The molecular formula is C12H18ClNO2S. The molecule has 96 valence electrons. The van der Waals surface area contributed by atoms with Crippen molar-refractivity contribution < 1.29 is 8.42 Å². The molecule has 1 rings (SSSR count). The number of hydrogen-bond acceptors (Lipinski definition) is 2. The molecule has 0 spiro atoms. The fourth-order valence-electron chi connectivity index (χ4n) is 1.47. The molecule has 0 aromatic heterocycles. The largest absolute Gasteiger partial charge is 0.215 e. The van der Waals surface area contributed by atoms with Gasteiger partial charge in [0, 0.05) is 12.4 Å². The van der Waals surface area contributed by atoms with Gasteiger partial charge in [0.1, 0.15) is 0 Å². The van der Waals surface area contributed by atoms with Crippen LogP contribution in [0.3, 0.4) is 0 Å². The number of benzene rings is 1. The van der Waals surface area contributed by atoms with Gasteiger partial charge in [0.05, 0.1) is 5.75 Å². The first-order valence-electron chi connectivity index (χ1n) is 5.61. The van der Waals surface area contributed by atoms with E-state index in [2.05, 4.69) is 4.72 Å². The van der Waals surface area contributed by atoms with Crippen LogP contribution in [-0.4, -0.2) is 26.6 Å². The first-order chi connectivity index (χ1) is 8.03. The van der Waals surface area contributed by atoms with Gasteiger partial charge in [-0.2, -0.15) is 0 Å². The first-order valence-corrected chi connectivity index (χ1v) is 7.79. The lowest BCUT2D eigenvalue weighted by Gasteiger charge is -2.10. The molecule has 0 bridgehead atoms. The molecule has 1 aromatic rings. The SMILES string of the molecule is CC(CCl)CS(=O)(=O)NCCc1ccccc1. The van der Waals surface area contributed by atoms with E-state index in [9.17, 15) is 8.42 Å². The summed E-state index contributed by atoms with van der Waals surface area (Å²) in [5.74, 6) is 0.427. The monoisotopic (exact) mass is 275 g/mol. The van der Waals surface area contributed by atoms with Gasteiger partial charge in [0.15, 0.2) is 0 Å². The van der Waals surface area contributed by atoms with E-state index in [0.717, 1.165) is 5.56 Å². The summed E-state index contributed by atoms with van der Waals surface area (Å²) in [6.07, 6.45) is 0.704. The summed E-state index contributed by atoms with van der Waals surface area (Å²) in [7, 11) is -3.20. The van der Waals surface area contributed by atoms with Crippen LogP contribution in [0.15, 0.2) is 30.3 Å². The molecule has 0 amide bonds. The summed E-state index contributed by atoms with van der Waals surface area (Å²) in [6.45, 7) is 2.25. The van der Waals surface area contributed by atoms with E-state index in [-0.39, 0.29) is 11.7 Å². The highest BCUT2D eigenvalue weighted by Crippen LogP contribution is 2.03. The maximum atomic E-state index is 11.6. The standard InChI is InChI=1S/C12H18ClNO2S/c1-11(9-13)10-17(15,16)14-8-7-12-5-3-2-4-6-12/h2-6,11,14H,7-10H2,1H3. The van der Waals surface area contributed by atoms with Gasteiger partial charge < -0.3 is 0 Å². The lowest BCUT2D eigenvalue weighted by Crippen LogP contribution is -2.31. The molecule has 0 saturated carbocycles. The molecular weight excluding hydrogens is 258 g/mol. The van der Waals surface area contributed by atoms with Gasteiger partial charge in [0.25, 0.3) is 0 Å². The molecule has 0 radical (unpaired) electrons. The van der Waals surface area contributed by atoms with Gasteiger partial charge in [-0.15, -0.1) is 11.6 Å². The number of rotatable bonds is 7. The van der Waals surface area contributed by atoms with E-state index >= 15 is 0 Å². The van der Waals surface area contributed by atoms with Crippen LogP contribution in [0.5, 0.6) is 0 Å². The highest BCUT2D eigenvalue weighted by Gasteiger charge is 2.14. The Morgan fingerprint density at radius 2 is 1.94 bits per heavy atom. The molecule has 1 N–H and O–H groups in total. The van der Waals surface area contributed by atoms with E-state index in [1.165, 1.54) is 0 Å². The minimum Gasteiger partial charge on any atom is -0.215 e. The second kappa shape index (κ2) is 6.99. The molecule has 1 unspecified atom stereocenters. The lowest BCUT2D eigenvalue weighted by atomic mass is 10.2. The van der Waals surface area contributed by atoms with Crippen molar-refractivity contribution >= 4 is 21.6 Å². The zero-order valence-corrected chi connectivity index (χ0v) is 11.5. The van der Waals surface area contributed by atoms with Gasteiger partial charge in [-0.3, -0.25) is 0 Å². The van der Waals surface area contributed by atoms with Crippen LogP contribution in [0.4, 0.5) is 0 Å². The predicted octanol–water partition coefficient (Wildman–Crippen LogP) is 2.02. The Labute approximate surface area is 108 Å². The van der Waals surface area contributed by atoms with Gasteiger partial charge in [-0.25, -0.2) is 13.1 Å². The van der Waals surface area contributed by atoms with Crippen molar-refractivity contribution in [2.24, 2.45) is 5.92 Å². The summed E-state index contributed by atoms with van der Waals surface area (Å²) in [4.78, 5) is 0. The Balaban J connectivity index is 2.36. The van der Waals surface area contributed by atoms with Gasteiger partial charge >= 0.3 is 0 Å². The number of sulfonamides is 1. The van der Waals surface area contributed by atoms with Crippen LogP contribution in [0.25, 0.3) is 0 Å². The molecule has 17 heavy (non-hydrogen) atoms. The Morgan fingerprint density at radius 3 is 2.53 bits per heavy atom. The molecule has 5 heteroatoms. The zero-order chi connectivity index (χ0) is 12.7. The molecule has 0 saturated heterocycles. The van der Waals surface area contributed by atoms with E-state index in [1.807, 2.05) is 37.3 Å². The molecule has 0 aliphatic rings. The number of nitrogens with one attached hydrogen (secondary N) is 1. The van der Waals surface area contributed by atoms with Crippen molar-refractivity contribution in [2.45, 2.75) is 13.3 Å². The summed E-state index contributed by atoms with van der Waals surface area (Å²) >= 11 is 5.60. The average molecular weight is 276 g/mol. The van der Waals surface area contributed by atoms with Gasteiger partial charge in [0.2, 0.25) is 10.0 Å². The molecule has 1 aromatic carbocycles. The Hall–Kier alpha value is -0.580. The second-order valence-corrected chi connectivity index (χ2v) is 6.33. The van der Waals surface area contributed by atoms with Crippen LogP contribution in [0.2, 0.25) is 0 Å². The van der Waals surface area contributed by atoms with Crippen LogP contribution in [0.1, 0.15) is 12.5 Å². The highest BCUT2D eigenvalue weighted by atomic mass is 35.5. The zero-order valence-electron chi connectivity index (χ0n) is 9.90. The van der Waals surface area contributed by atoms with Crippen molar-refractivity contribution in [1.29, 1.82) is 0 Å². The molecule has 3 nitrogen and oxygen atoms in total. The van der Waals surface area contributed by atoms with Gasteiger partial charge in [-0.05, 0) is 17.9 Å². The van der Waals surface area contributed by atoms with Crippen molar-refractivity contribution in [3.63, 3.8) is 0 Å². The number of alkyl halides is 1. The first kappa shape index (κ1) is 14.5. The fourth-order valence-corrected chi connectivity index (χ4v) is 3.11. The van der Waals surface area contributed by atoms with E-state index in [1.54, 1.807) is 0 Å². The molecule has 0 aliphatic carbocycles. The Kier molecular flexibility index (Phi) is 5.95. The van der Waals surface area contributed by atoms with E-state index < -0.39 is 10.0 Å². The lowest BCUT2D eigenvalue weighted by molar-refractivity contribution is 0.569. The van der Waals surface area contributed by atoms with Crippen LogP contribution >= 0.6 is 11.6 Å². The molecule has 0 heterocycles. The third-order valence-corrected chi connectivity index (χ3v) is 4.52. The van der Waals surface area contributed by atoms with E-state index in [0.29, 0.717) is 18.8 Å². The van der Waals surface area contributed by atoms with Crippen molar-refractivity contribution in [2.75, 3.05) is 18.2 Å². The Morgan fingerprint density at radius 1 is 1.29 bits per heavy atom. The third-order valence-electron chi connectivity index (χ3n) is 2.35. The van der Waals surface area contributed by atoms with Crippen LogP contribution in [0, 0.1) is 5.92 Å². The maximum absolute atomic E-state index is 11.6. The smallest absolute Gasteiger partial charge is 0.211 e. The number of hydrogen-bond donors (Lipinski definition) is 1. The van der Waals surface area contributed by atoms with Gasteiger partial charge in [-0.1, -0.05) is 37.3 Å². The van der Waals surface area contributed by atoms with Crippen molar-refractivity contribution in [1.82, 2.24) is 4.72 Å². The maximum Gasteiger partial charge on any atom is 0.211 e. The summed E-state index contributed by atoms with van der Waals surface area (Å²) < 4.78 is 25.8. The summed E-state index contributed by atoms with van der Waals surface area (Å²) in [5.41, 5.74) is 1.13. The number of halogens is 1. The molecule has 0 fully saturated rings. The van der Waals surface area contributed by atoms with Crippen molar-refractivity contribution in [3.05, 3.63) is 35.9 Å². The van der Waals surface area contributed by atoms with Crippen LogP contribution < -0.4 is 4.72 Å². The fraction of sp³-hybridized carbons (Fsp3) is 0.500. The highest BCUT2D eigenvalue weighted by molar-refractivity contribution is 7.89. The normalized spacial score (nSPS) is 13.5. The van der Waals surface area contributed by atoms with Crippen LogP contribution in [-0.2, 0) is 16.4 Å². The van der Waals surface area contributed by atoms with E-state index in [4.69, 9.17) is 11.6 Å². The quantitative estimate of drug-likeness (QED) is 0.774. The third kappa shape index (κ3) is 6.05. The molecule has 1 atom stereocenters. The molecule has 0 aliphatic heterocycles.